The number of carbonyl (C=O) groups excluding carboxylic acids is 2. The fourth-order valence-electron chi connectivity index (χ4n) is 3.91. The quantitative estimate of drug-likeness (QED) is 0.538. The van der Waals surface area contributed by atoms with Crippen LogP contribution in [0.15, 0.2) is 58.6 Å². The van der Waals surface area contributed by atoms with Crippen LogP contribution in [0.1, 0.15) is 42.2 Å². The maximum absolute atomic E-state index is 14.1. The molecular weight excluding hydrogens is 419 g/mol. The number of anilines is 1. The van der Waals surface area contributed by atoms with Gasteiger partial charge in [0.15, 0.2) is 0 Å². The standard InChI is InChI=1S/C23H23FN2O2S2/c24-17-5-3-8-19(13-17)26(21(27)14-20-9-4-11-30-20)22(16-10-12-29-15-16)23(28)25-18-6-1-2-7-18/h3-5,8-13,15,18,22H,1-2,6-7,14H2,(H,25,28)/t22-/m1/s1. The first kappa shape index (κ1) is 20.8. The highest BCUT2D eigenvalue weighted by molar-refractivity contribution is 7.10. The summed E-state index contributed by atoms with van der Waals surface area (Å²) in [6, 6.07) is 10.8. The van der Waals surface area contributed by atoms with Crippen LogP contribution >= 0.6 is 22.7 Å². The zero-order valence-corrected chi connectivity index (χ0v) is 18.1. The Hall–Kier alpha value is -2.51. The third-order valence-electron chi connectivity index (χ3n) is 5.33. The van der Waals surface area contributed by atoms with E-state index in [0.29, 0.717) is 5.69 Å². The van der Waals surface area contributed by atoms with E-state index in [0.717, 1.165) is 36.1 Å². The summed E-state index contributed by atoms with van der Waals surface area (Å²) in [5, 5.41) is 8.81. The van der Waals surface area contributed by atoms with Gasteiger partial charge in [0.05, 0.1) is 6.42 Å². The molecule has 2 aromatic heterocycles. The summed E-state index contributed by atoms with van der Waals surface area (Å²) in [6.45, 7) is 0. The maximum Gasteiger partial charge on any atom is 0.248 e. The van der Waals surface area contributed by atoms with Gasteiger partial charge in [-0.15, -0.1) is 11.3 Å². The fourth-order valence-corrected chi connectivity index (χ4v) is 5.28. The molecule has 1 atom stereocenters. The highest BCUT2D eigenvalue weighted by Crippen LogP contribution is 2.31. The number of nitrogens with zero attached hydrogens (tertiary/aromatic N) is 1. The lowest BCUT2D eigenvalue weighted by atomic mass is 10.0. The van der Waals surface area contributed by atoms with Gasteiger partial charge in [-0.1, -0.05) is 25.0 Å². The van der Waals surface area contributed by atoms with Gasteiger partial charge >= 0.3 is 0 Å². The van der Waals surface area contributed by atoms with E-state index in [-0.39, 0.29) is 24.3 Å². The molecule has 3 aromatic rings. The minimum atomic E-state index is -0.842. The topological polar surface area (TPSA) is 49.4 Å². The molecule has 0 aliphatic heterocycles. The lowest BCUT2D eigenvalue weighted by molar-refractivity contribution is -0.127. The van der Waals surface area contributed by atoms with E-state index in [4.69, 9.17) is 0 Å². The van der Waals surface area contributed by atoms with Crippen molar-refractivity contribution in [2.45, 2.75) is 44.2 Å². The van der Waals surface area contributed by atoms with Crippen molar-refractivity contribution in [3.8, 4) is 0 Å². The number of amides is 2. The molecule has 156 valence electrons. The smallest absolute Gasteiger partial charge is 0.248 e. The summed E-state index contributed by atoms with van der Waals surface area (Å²) in [7, 11) is 0. The number of carbonyl (C=O) groups is 2. The minimum absolute atomic E-state index is 0.125. The molecule has 1 aliphatic carbocycles. The molecule has 7 heteroatoms. The third kappa shape index (κ3) is 4.79. The maximum atomic E-state index is 14.1. The summed E-state index contributed by atoms with van der Waals surface area (Å²) < 4.78 is 14.1. The molecule has 1 N–H and O–H groups in total. The van der Waals surface area contributed by atoms with E-state index in [1.54, 1.807) is 12.1 Å². The average Bonchev–Trinajstić information content (AvgIpc) is 3.49. The monoisotopic (exact) mass is 442 g/mol. The summed E-state index contributed by atoms with van der Waals surface area (Å²) in [5.74, 6) is -0.897. The van der Waals surface area contributed by atoms with Crippen molar-refractivity contribution in [3.05, 3.63) is 74.9 Å². The van der Waals surface area contributed by atoms with Gasteiger partial charge < -0.3 is 5.32 Å². The van der Waals surface area contributed by atoms with E-state index in [2.05, 4.69) is 5.32 Å². The Bertz CT molecular complexity index is 983. The first-order chi connectivity index (χ1) is 14.6. The van der Waals surface area contributed by atoms with Crippen molar-refractivity contribution < 1.29 is 14.0 Å². The van der Waals surface area contributed by atoms with Gasteiger partial charge in [0.1, 0.15) is 11.9 Å². The molecule has 0 unspecified atom stereocenters. The van der Waals surface area contributed by atoms with Crippen LogP contribution in [0.2, 0.25) is 0 Å². The van der Waals surface area contributed by atoms with Gasteiger partial charge in [0.25, 0.3) is 0 Å². The molecule has 1 aromatic carbocycles. The number of hydrogen-bond acceptors (Lipinski definition) is 4. The molecule has 0 saturated heterocycles. The summed E-state index contributed by atoms with van der Waals surface area (Å²) in [5.41, 5.74) is 1.12. The molecule has 4 nitrogen and oxygen atoms in total. The van der Waals surface area contributed by atoms with Gasteiger partial charge in [-0.05, 0) is 64.9 Å². The summed E-state index contributed by atoms with van der Waals surface area (Å²) in [4.78, 5) is 29.2. The molecule has 1 fully saturated rings. The predicted molar refractivity (Wildman–Crippen MR) is 119 cm³/mol. The second-order valence-electron chi connectivity index (χ2n) is 7.45. The van der Waals surface area contributed by atoms with Gasteiger partial charge in [-0.2, -0.15) is 11.3 Å². The zero-order valence-electron chi connectivity index (χ0n) is 16.4. The van der Waals surface area contributed by atoms with Crippen LogP contribution in [0.5, 0.6) is 0 Å². The first-order valence-electron chi connectivity index (χ1n) is 10.0. The molecule has 2 amide bonds. The van der Waals surface area contributed by atoms with Gasteiger partial charge in [-0.25, -0.2) is 4.39 Å². The van der Waals surface area contributed by atoms with E-state index in [1.807, 2.05) is 34.3 Å². The van der Waals surface area contributed by atoms with Crippen LogP contribution in [-0.4, -0.2) is 17.9 Å². The lowest BCUT2D eigenvalue weighted by Gasteiger charge is -2.32. The Kier molecular flexibility index (Phi) is 6.59. The fraction of sp³-hybridized carbons (Fsp3) is 0.304. The highest BCUT2D eigenvalue weighted by Gasteiger charge is 2.34. The van der Waals surface area contributed by atoms with Crippen LogP contribution in [0.3, 0.4) is 0 Å². The number of halogens is 1. The molecule has 2 heterocycles. The van der Waals surface area contributed by atoms with Crippen molar-refractivity contribution in [2.75, 3.05) is 4.90 Å². The number of hydrogen-bond donors (Lipinski definition) is 1. The zero-order chi connectivity index (χ0) is 20.9. The van der Waals surface area contributed by atoms with Crippen LogP contribution in [-0.2, 0) is 16.0 Å². The average molecular weight is 443 g/mol. The number of thiophene rings is 2. The van der Waals surface area contributed by atoms with Crippen LogP contribution < -0.4 is 10.2 Å². The third-order valence-corrected chi connectivity index (χ3v) is 6.91. The van der Waals surface area contributed by atoms with E-state index >= 15 is 0 Å². The normalized spacial score (nSPS) is 15.1. The van der Waals surface area contributed by atoms with Gasteiger partial charge in [0, 0.05) is 16.6 Å². The van der Waals surface area contributed by atoms with Crippen molar-refractivity contribution in [1.82, 2.24) is 5.32 Å². The van der Waals surface area contributed by atoms with Crippen molar-refractivity contribution >= 4 is 40.2 Å². The van der Waals surface area contributed by atoms with Crippen LogP contribution in [0.25, 0.3) is 0 Å². The molecule has 1 saturated carbocycles. The van der Waals surface area contributed by atoms with E-state index < -0.39 is 11.9 Å². The first-order valence-corrected chi connectivity index (χ1v) is 11.9. The van der Waals surface area contributed by atoms with Gasteiger partial charge in [0.2, 0.25) is 11.8 Å². The van der Waals surface area contributed by atoms with Crippen LogP contribution in [0, 0.1) is 5.82 Å². The van der Waals surface area contributed by atoms with E-state index in [9.17, 15) is 14.0 Å². The Morgan fingerprint density at radius 1 is 1.13 bits per heavy atom. The Labute approximate surface area is 183 Å². The SMILES string of the molecule is O=C(NC1CCCC1)[C@@H](c1ccsc1)N(C(=O)Cc1cccs1)c1cccc(F)c1. The van der Waals surface area contributed by atoms with Crippen molar-refractivity contribution in [3.63, 3.8) is 0 Å². The lowest BCUT2D eigenvalue weighted by Crippen LogP contribution is -2.46. The molecule has 1 aliphatic rings. The molecule has 30 heavy (non-hydrogen) atoms. The molecule has 4 rings (SSSR count). The largest absolute Gasteiger partial charge is 0.351 e. The predicted octanol–water partition coefficient (Wildman–Crippen LogP) is 5.32. The molecule has 0 bridgehead atoms. The van der Waals surface area contributed by atoms with Crippen molar-refractivity contribution in [1.29, 1.82) is 0 Å². The Morgan fingerprint density at radius 3 is 2.63 bits per heavy atom. The second kappa shape index (κ2) is 9.53. The van der Waals surface area contributed by atoms with Gasteiger partial charge in [-0.3, -0.25) is 14.5 Å². The minimum Gasteiger partial charge on any atom is -0.351 e. The van der Waals surface area contributed by atoms with Crippen molar-refractivity contribution in [2.24, 2.45) is 0 Å². The van der Waals surface area contributed by atoms with Crippen LogP contribution in [0.4, 0.5) is 10.1 Å². The summed E-state index contributed by atoms with van der Waals surface area (Å²) >= 11 is 2.96. The number of rotatable bonds is 7. The summed E-state index contributed by atoms with van der Waals surface area (Å²) in [6.07, 6.45) is 4.25. The Balaban J connectivity index is 1.71. The molecule has 0 spiro atoms. The highest BCUT2D eigenvalue weighted by atomic mass is 32.1. The molecular formula is C23H23FN2O2S2. The molecule has 0 radical (unpaired) electrons. The van der Waals surface area contributed by atoms with E-state index in [1.165, 1.54) is 39.7 Å². The Morgan fingerprint density at radius 2 is 1.97 bits per heavy atom. The number of nitrogens with one attached hydrogen (secondary N) is 1. The number of benzene rings is 1. The second-order valence-corrected chi connectivity index (χ2v) is 9.26.